The number of anilines is 1. The van der Waals surface area contributed by atoms with Crippen LogP contribution in [0, 0.1) is 5.92 Å². The molecule has 5 heteroatoms. The maximum absolute atomic E-state index is 6.20. The first-order chi connectivity index (χ1) is 8.54. The van der Waals surface area contributed by atoms with Crippen LogP contribution in [0.4, 0.5) is 5.82 Å². The van der Waals surface area contributed by atoms with E-state index in [-0.39, 0.29) is 5.54 Å². The van der Waals surface area contributed by atoms with Crippen LogP contribution in [0.15, 0.2) is 16.7 Å². The van der Waals surface area contributed by atoms with E-state index in [9.17, 15) is 0 Å². The van der Waals surface area contributed by atoms with Crippen LogP contribution in [-0.2, 0) is 0 Å². The molecule has 0 bridgehead atoms. The highest BCUT2D eigenvalue weighted by Crippen LogP contribution is 2.37. The monoisotopic (exact) mass is 350 g/mol. The van der Waals surface area contributed by atoms with E-state index < -0.39 is 0 Å². The van der Waals surface area contributed by atoms with Crippen molar-refractivity contribution in [2.45, 2.75) is 38.1 Å². The van der Waals surface area contributed by atoms with Crippen LogP contribution < -0.4 is 5.32 Å². The Morgan fingerprint density at radius 2 is 2.39 bits per heavy atom. The van der Waals surface area contributed by atoms with Crippen molar-refractivity contribution in [2.24, 2.45) is 5.92 Å². The summed E-state index contributed by atoms with van der Waals surface area (Å²) in [6, 6.07) is 1.85. The number of rotatable bonds is 3. The summed E-state index contributed by atoms with van der Waals surface area (Å²) < 4.78 is 0.887. The maximum Gasteiger partial charge on any atom is 0.140 e. The highest BCUT2D eigenvalue weighted by molar-refractivity contribution is 9.10. The summed E-state index contributed by atoms with van der Waals surface area (Å²) in [5.74, 6) is 2.14. The van der Waals surface area contributed by atoms with Gasteiger partial charge < -0.3 is 5.32 Å². The van der Waals surface area contributed by atoms with E-state index in [1.165, 1.54) is 12.8 Å². The van der Waals surface area contributed by atoms with Crippen LogP contribution in [0.1, 0.15) is 32.6 Å². The molecule has 1 fully saturated rings. The minimum absolute atomic E-state index is 0.0391. The molecule has 0 aromatic carbocycles. The van der Waals surface area contributed by atoms with Gasteiger partial charge in [-0.3, -0.25) is 0 Å². The zero-order chi connectivity index (χ0) is 13.2. The van der Waals surface area contributed by atoms with E-state index in [4.69, 9.17) is 23.2 Å². The van der Waals surface area contributed by atoms with Crippen LogP contribution in [0.3, 0.4) is 0 Å². The van der Waals surface area contributed by atoms with Crippen LogP contribution >= 0.6 is 39.1 Å². The summed E-state index contributed by atoms with van der Waals surface area (Å²) in [6.45, 7) is 2.28. The third kappa shape index (κ3) is 3.31. The Hall–Kier alpha value is 0.01000. The summed E-state index contributed by atoms with van der Waals surface area (Å²) in [4.78, 5) is 4.34. The first-order valence-corrected chi connectivity index (χ1v) is 7.90. The van der Waals surface area contributed by atoms with E-state index in [0.29, 0.717) is 16.8 Å². The number of aromatic nitrogens is 1. The van der Waals surface area contributed by atoms with Gasteiger partial charge in [-0.05, 0) is 40.8 Å². The molecule has 1 aromatic heterocycles. The molecule has 1 saturated carbocycles. The Bertz CT molecular complexity index is 427. The minimum Gasteiger partial charge on any atom is -0.362 e. The van der Waals surface area contributed by atoms with Crippen molar-refractivity contribution < 1.29 is 0 Å². The molecular weight excluding hydrogens is 335 g/mol. The van der Waals surface area contributed by atoms with Crippen molar-refractivity contribution in [3.63, 3.8) is 0 Å². The molecular formula is C13H17BrCl2N2. The van der Waals surface area contributed by atoms with Crippen molar-refractivity contribution in [3.8, 4) is 0 Å². The van der Waals surface area contributed by atoms with Crippen molar-refractivity contribution in [3.05, 3.63) is 21.8 Å². The van der Waals surface area contributed by atoms with Crippen molar-refractivity contribution in [2.75, 3.05) is 11.2 Å². The van der Waals surface area contributed by atoms with Crippen LogP contribution in [0.2, 0.25) is 5.02 Å². The third-order valence-electron chi connectivity index (χ3n) is 3.54. The fourth-order valence-electron chi connectivity index (χ4n) is 2.69. The number of halogens is 3. The minimum atomic E-state index is -0.0391. The highest BCUT2D eigenvalue weighted by Gasteiger charge is 2.34. The number of alkyl halides is 1. The quantitative estimate of drug-likeness (QED) is 0.766. The molecule has 1 aromatic rings. The first-order valence-electron chi connectivity index (χ1n) is 6.20. The predicted octanol–water partition coefficient (Wildman–Crippen LogP) is 5.10. The number of nitrogens with one attached hydrogen (secondary N) is 1. The summed E-state index contributed by atoms with van der Waals surface area (Å²) in [6.07, 6.45) is 6.34. The second kappa shape index (κ2) is 5.98. The van der Waals surface area contributed by atoms with Gasteiger partial charge >= 0.3 is 0 Å². The molecule has 1 aliphatic rings. The predicted molar refractivity (Wildman–Crippen MR) is 81.7 cm³/mol. The van der Waals surface area contributed by atoms with Gasteiger partial charge in [0, 0.05) is 12.1 Å². The molecule has 0 saturated heterocycles. The standard InChI is InChI=1S/C13H17BrCl2N2/c1-9-3-2-4-13(6-9,8-15)18-12-11(14)5-10(16)7-17-12/h5,7,9H,2-4,6,8H2,1H3,(H,17,18). The molecule has 18 heavy (non-hydrogen) atoms. The summed E-state index contributed by atoms with van der Waals surface area (Å²) in [7, 11) is 0. The lowest BCUT2D eigenvalue weighted by Gasteiger charge is -2.40. The summed E-state index contributed by atoms with van der Waals surface area (Å²) in [5.41, 5.74) is -0.0391. The van der Waals surface area contributed by atoms with Gasteiger partial charge in [-0.2, -0.15) is 0 Å². The Morgan fingerprint density at radius 3 is 3.00 bits per heavy atom. The average molecular weight is 352 g/mol. The molecule has 100 valence electrons. The zero-order valence-electron chi connectivity index (χ0n) is 10.3. The van der Waals surface area contributed by atoms with Crippen molar-refractivity contribution in [1.82, 2.24) is 4.98 Å². The molecule has 2 unspecified atom stereocenters. The van der Waals surface area contributed by atoms with Crippen LogP contribution in [0.5, 0.6) is 0 Å². The van der Waals surface area contributed by atoms with E-state index in [1.54, 1.807) is 6.20 Å². The lowest BCUT2D eigenvalue weighted by Crippen LogP contribution is -2.44. The lowest BCUT2D eigenvalue weighted by molar-refractivity contribution is 0.279. The maximum atomic E-state index is 6.20. The Kier molecular flexibility index (Phi) is 4.79. The summed E-state index contributed by atoms with van der Waals surface area (Å²) >= 11 is 15.6. The number of hydrogen-bond donors (Lipinski definition) is 1. The lowest BCUT2D eigenvalue weighted by atomic mass is 9.77. The summed E-state index contributed by atoms with van der Waals surface area (Å²) in [5, 5.41) is 4.15. The number of hydrogen-bond acceptors (Lipinski definition) is 2. The van der Waals surface area contributed by atoms with E-state index in [0.717, 1.165) is 23.1 Å². The van der Waals surface area contributed by atoms with Crippen LogP contribution in [0.25, 0.3) is 0 Å². The molecule has 0 amide bonds. The third-order valence-corrected chi connectivity index (χ3v) is 4.86. The average Bonchev–Trinajstić information content (AvgIpc) is 2.33. The Morgan fingerprint density at radius 1 is 1.61 bits per heavy atom. The van der Waals surface area contributed by atoms with Crippen LogP contribution in [-0.4, -0.2) is 16.4 Å². The zero-order valence-corrected chi connectivity index (χ0v) is 13.4. The molecule has 1 heterocycles. The van der Waals surface area contributed by atoms with Crippen molar-refractivity contribution >= 4 is 44.9 Å². The molecule has 0 aliphatic heterocycles. The fourth-order valence-corrected chi connectivity index (χ4v) is 3.73. The fraction of sp³-hybridized carbons (Fsp3) is 0.615. The highest BCUT2D eigenvalue weighted by atomic mass is 79.9. The number of nitrogens with zero attached hydrogens (tertiary/aromatic N) is 1. The Balaban J connectivity index is 2.19. The molecule has 1 aliphatic carbocycles. The largest absolute Gasteiger partial charge is 0.362 e. The smallest absolute Gasteiger partial charge is 0.140 e. The molecule has 1 N–H and O–H groups in total. The number of pyridine rings is 1. The molecule has 2 atom stereocenters. The first kappa shape index (κ1) is 14.4. The second-order valence-corrected chi connectivity index (χ2v) is 6.78. The SMILES string of the molecule is CC1CCCC(CCl)(Nc2ncc(Cl)cc2Br)C1. The van der Waals surface area contributed by atoms with Gasteiger partial charge in [0.15, 0.2) is 0 Å². The Labute approximate surface area is 127 Å². The topological polar surface area (TPSA) is 24.9 Å². The normalized spacial score (nSPS) is 28.1. The van der Waals surface area contributed by atoms with Gasteiger partial charge in [0.05, 0.1) is 15.0 Å². The molecule has 2 nitrogen and oxygen atoms in total. The van der Waals surface area contributed by atoms with E-state index in [2.05, 4.69) is 33.2 Å². The molecule has 0 spiro atoms. The van der Waals surface area contributed by atoms with E-state index in [1.807, 2.05) is 6.07 Å². The van der Waals surface area contributed by atoms with Gasteiger partial charge in [-0.15, -0.1) is 11.6 Å². The molecule has 0 radical (unpaired) electrons. The second-order valence-electron chi connectivity index (χ2n) is 5.22. The molecule has 2 rings (SSSR count). The van der Waals surface area contributed by atoms with Gasteiger partial charge in [-0.25, -0.2) is 4.98 Å². The van der Waals surface area contributed by atoms with E-state index >= 15 is 0 Å². The van der Waals surface area contributed by atoms with Gasteiger partial charge in [-0.1, -0.05) is 31.4 Å². The van der Waals surface area contributed by atoms with Crippen molar-refractivity contribution in [1.29, 1.82) is 0 Å². The van der Waals surface area contributed by atoms with Gasteiger partial charge in [0.1, 0.15) is 5.82 Å². The van der Waals surface area contributed by atoms with Gasteiger partial charge in [0.2, 0.25) is 0 Å². The van der Waals surface area contributed by atoms with Gasteiger partial charge in [0.25, 0.3) is 0 Å².